The molecule has 0 aliphatic carbocycles. The molecule has 0 saturated heterocycles. The van der Waals surface area contributed by atoms with Gasteiger partial charge in [-0.1, -0.05) is 36.4 Å². The molecule has 4 aromatic rings. The smallest absolute Gasteiger partial charge is 0.264 e. The van der Waals surface area contributed by atoms with Crippen LogP contribution in [-0.2, 0) is 0 Å². The Bertz CT molecular complexity index is 1120. The first-order valence-corrected chi connectivity index (χ1v) is 8.86. The summed E-state index contributed by atoms with van der Waals surface area (Å²) in [5, 5.41) is 10.5. The fourth-order valence-electron chi connectivity index (χ4n) is 2.84. The van der Waals surface area contributed by atoms with Crippen molar-refractivity contribution in [2.24, 2.45) is 0 Å². The van der Waals surface area contributed by atoms with E-state index in [0.717, 1.165) is 5.56 Å². The van der Waals surface area contributed by atoms with Crippen LogP contribution >= 0.6 is 0 Å². The van der Waals surface area contributed by atoms with Crippen molar-refractivity contribution in [3.05, 3.63) is 106 Å². The fraction of sp³-hybridized carbons (Fsp3) is 0.0476. The number of carbonyl (C=O) groups excluding carboxylic acids is 1. The largest absolute Gasteiger partial charge is 0.339 e. The van der Waals surface area contributed by atoms with Crippen LogP contribution in [0.1, 0.15) is 27.7 Å². The molecule has 4 rings (SSSR count). The molecule has 3 aromatic heterocycles. The molecule has 0 bridgehead atoms. The summed E-state index contributed by atoms with van der Waals surface area (Å²) in [4.78, 5) is 36.4. The molecule has 29 heavy (non-hydrogen) atoms. The number of hydrogen-bond acceptors (Lipinski definition) is 6. The Morgan fingerprint density at radius 3 is 2.45 bits per heavy atom. The van der Waals surface area contributed by atoms with Gasteiger partial charge in [-0.25, -0.2) is 4.98 Å². The Balaban J connectivity index is 1.64. The number of hydrogen-bond donors (Lipinski definition) is 2. The van der Waals surface area contributed by atoms with Gasteiger partial charge in [-0.15, -0.1) is 5.10 Å². The standard InChI is InChI=1S/C21H16N6O2/c28-20(15-13-23-19(26-21(15)29)17-10-6-12-24-27-17)25-18(14-7-2-1-3-8-14)16-9-4-5-11-22-16/h1-13,18H,(H,25,28)(H,23,26,29). The number of carbonyl (C=O) groups is 1. The second kappa shape index (κ2) is 8.22. The molecular weight excluding hydrogens is 368 g/mol. The molecule has 3 heterocycles. The summed E-state index contributed by atoms with van der Waals surface area (Å²) in [6, 6.07) is 17.7. The van der Waals surface area contributed by atoms with Crippen LogP contribution in [-0.4, -0.2) is 31.1 Å². The second-order valence-corrected chi connectivity index (χ2v) is 6.16. The lowest BCUT2D eigenvalue weighted by Gasteiger charge is -2.18. The molecule has 2 N–H and O–H groups in total. The van der Waals surface area contributed by atoms with E-state index in [-0.39, 0.29) is 11.4 Å². The molecule has 1 aromatic carbocycles. The highest BCUT2D eigenvalue weighted by Gasteiger charge is 2.21. The summed E-state index contributed by atoms with van der Waals surface area (Å²) in [7, 11) is 0. The molecular formula is C21H16N6O2. The summed E-state index contributed by atoms with van der Waals surface area (Å²) in [5.74, 6) is -0.312. The maximum Gasteiger partial charge on any atom is 0.264 e. The maximum atomic E-state index is 12.8. The van der Waals surface area contributed by atoms with Crippen LogP contribution in [0.3, 0.4) is 0 Å². The number of pyridine rings is 1. The third-order valence-corrected chi connectivity index (χ3v) is 4.25. The third-order valence-electron chi connectivity index (χ3n) is 4.25. The number of rotatable bonds is 5. The Morgan fingerprint density at radius 2 is 1.76 bits per heavy atom. The third kappa shape index (κ3) is 4.06. The molecule has 142 valence electrons. The van der Waals surface area contributed by atoms with Gasteiger partial charge in [0, 0.05) is 18.6 Å². The zero-order chi connectivity index (χ0) is 20.1. The van der Waals surface area contributed by atoms with Crippen LogP contribution in [0.4, 0.5) is 0 Å². The molecule has 0 saturated carbocycles. The Labute approximate surface area is 165 Å². The molecule has 0 aliphatic rings. The summed E-state index contributed by atoms with van der Waals surface area (Å²) in [5.41, 5.74) is 1.25. The lowest BCUT2D eigenvalue weighted by Crippen LogP contribution is -2.34. The highest BCUT2D eigenvalue weighted by molar-refractivity contribution is 5.94. The first-order chi connectivity index (χ1) is 14.2. The Hall–Kier alpha value is -4.20. The van der Waals surface area contributed by atoms with Gasteiger partial charge in [0.1, 0.15) is 11.3 Å². The van der Waals surface area contributed by atoms with Crippen LogP contribution in [0.25, 0.3) is 11.5 Å². The maximum absolute atomic E-state index is 12.8. The predicted molar refractivity (Wildman–Crippen MR) is 106 cm³/mol. The summed E-state index contributed by atoms with van der Waals surface area (Å²) >= 11 is 0. The van der Waals surface area contributed by atoms with E-state index < -0.39 is 17.5 Å². The zero-order valence-corrected chi connectivity index (χ0v) is 15.2. The lowest BCUT2D eigenvalue weighted by atomic mass is 10.0. The number of H-pyrrole nitrogens is 1. The van der Waals surface area contributed by atoms with Crippen LogP contribution < -0.4 is 10.9 Å². The van der Waals surface area contributed by atoms with Crippen LogP contribution in [0.5, 0.6) is 0 Å². The molecule has 0 aliphatic heterocycles. The van der Waals surface area contributed by atoms with Gasteiger partial charge in [-0.05, 0) is 29.8 Å². The monoisotopic (exact) mass is 384 g/mol. The second-order valence-electron chi connectivity index (χ2n) is 6.16. The van der Waals surface area contributed by atoms with E-state index in [1.807, 2.05) is 42.5 Å². The van der Waals surface area contributed by atoms with E-state index >= 15 is 0 Å². The van der Waals surface area contributed by atoms with E-state index in [4.69, 9.17) is 0 Å². The van der Waals surface area contributed by atoms with Gasteiger partial charge in [0.15, 0.2) is 5.82 Å². The summed E-state index contributed by atoms with van der Waals surface area (Å²) in [6.45, 7) is 0. The number of nitrogens with one attached hydrogen (secondary N) is 2. The van der Waals surface area contributed by atoms with Crippen molar-refractivity contribution in [2.45, 2.75) is 6.04 Å². The van der Waals surface area contributed by atoms with Gasteiger partial charge >= 0.3 is 0 Å². The highest BCUT2D eigenvalue weighted by Crippen LogP contribution is 2.20. The number of amides is 1. The Kier molecular flexibility index (Phi) is 5.15. The van der Waals surface area contributed by atoms with Crippen molar-refractivity contribution in [1.29, 1.82) is 0 Å². The van der Waals surface area contributed by atoms with Gasteiger partial charge in [-0.2, -0.15) is 5.10 Å². The van der Waals surface area contributed by atoms with E-state index in [1.54, 1.807) is 24.4 Å². The lowest BCUT2D eigenvalue weighted by molar-refractivity contribution is 0.0940. The molecule has 1 amide bonds. The van der Waals surface area contributed by atoms with E-state index in [2.05, 4.69) is 30.5 Å². The molecule has 1 unspecified atom stereocenters. The Morgan fingerprint density at radius 1 is 0.931 bits per heavy atom. The molecule has 0 radical (unpaired) electrons. The first kappa shape index (κ1) is 18.2. The van der Waals surface area contributed by atoms with Crippen molar-refractivity contribution in [3.63, 3.8) is 0 Å². The normalized spacial score (nSPS) is 11.6. The van der Waals surface area contributed by atoms with Gasteiger partial charge in [0.05, 0.1) is 11.7 Å². The van der Waals surface area contributed by atoms with Crippen molar-refractivity contribution in [1.82, 2.24) is 30.5 Å². The minimum Gasteiger partial charge on any atom is -0.339 e. The summed E-state index contributed by atoms with van der Waals surface area (Å²) in [6.07, 6.45) is 4.41. The molecule has 8 nitrogen and oxygen atoms in total. The van der Waals surface area contributed by atoms with Gasteiger partial charge in [0.2, 0.25) is 0 Å². The molecule has 1 atom stereocenters. The number of nitrogens with zero attached hydrogens (tertiary/aromatic N) is 4. The number of aromatic nitrogens is 5. The quantitative estimate of drug-likeness (QED) is 0.545. The zero-order valence-electron chi connectivity index (χ0n) is 15.2. The molecule has 0 spiro atoms. The minimum absolute atomic E-state index is 0.102. The van der Waals surface area contributed by atoms with Crippen molar-refractivity contribution in [2.75, 3.05) is 0 Å². The van der Waals surface area contributed by atoms with Crippen molar-refractivity contribution >= 4 is 5.91 Å². The van der Waals surface area contributed by atoms with E-state index in [1.165, 1.54) is 12.4 Å². The molecule has 0 fully saturated rings. The average molecular weight is 384 g/mol. The highest BCUT2D eigenvalue weighted by atomic mass is 16.2. The predicted octanol–water partition coefficient (Wildman–Crippen LogP) is 2.14. The summed E-state index contributed by atoms with van der Waals surface area (Å²) < 4.78 is 0. The number of benzene rings is 1. The van der Waals surface area contributed by atoms with Gasteiger partial charge in [-0.3, -0.25) is 14.6 Å². The number of aromatic amines is 1. The van der Waals surface area contributed by atoms with Crippen LogP contribution in [0, 0.1) is 0 Å². The van der Waals surface area contributed by atoms with E-state index in [9.17, 15) is 9.59 Å². The van der Waals surface area contributed by atoms with Crippen LogP contribution in [0.2, 0.25) is 0 Å². The minimum atomic E-state index is -0.564. The molecule has 8 heteroatoms. The average Bonchev–Trinajstić information content (AvgIpc) is 2.79. The fourth-order valence-corrected chi connectivity index (χ4v) is 2.84. The van der Waals surface area contributed by atoms with Crippen molar-refractivity contribution < 1.29 is 4.79 Å². The van der Waals surface area contributed by atoms with Gasteiger partial charge in [0.25, 0.3) is 11.5 Å². The first-order valence-electron chi connectivity index (χ1n) is 8.86. The SMILES string of the molecule is O=C(NC(c1ccccc1)c1ccccn1)c1cnc(-c2cccnn2)[nH]c1=O. The van der Waals surface area contributed by atoms with Crippen LogP contribution in [0.15, 0.2) is 84.0 Å². The van der Waals surface area contributed by atoms with Gasteiger partial charge < -0.3 is 10.3 Å². The van der Waals surface area contributed by atoms with E-state index in [0.29, 0.717) is 11.4 Å². The van der Waals surface area contributed by atoms with Crippen molar-refractivity contribution in [3.8, 4) is 11.5 Å². The topological polar surface area (TPSA) is 114 Å².